The number of halogens is 4. The van der Waals surface area contributed by atoms with E-state index in [4.69, 9.17) is 21.1 Å². The van der Waals surface area contributed by atoms with Crippen LogP contribution in [0.2, 0.25) is 5.02 Å². The van der Waals surface area contributed by atoms with Gasteiger partial charge in [0, 0.05) is 25.1 Å². The highest BCUT2D eigenvalue weighted by Crippen LogP contribution is 2.38. The van der Waals surface area contributed by atoms with Crippen molar-refractivity contribution in [3.05, 3.63) is 22.7 Å². The van der Waals surface area contributed by atoms with Crippen LogP contribution in [-0.2, 0) is 0 Å². The minimum atomic E-state index is -4.31. The molecule has 0 bridgehead atoms. The first kappa shape index (κ1) is 17.7. The smallest absolute Gasteiger partial charge is 0.390 e. The lowest BCUT2D eigenvalue weighted by atomic mass is 10.1. The van der Waals surface area contributed by atoms with Crippen molar-refractivity contribution < 1.29 is 27.4 Å². The number of fused-ring (bicyclic) bond motifs is 1. The van der Waals surface area contributed by atoms with Crippen LogP contribution >= 0.6 is 11.6 Å². The van der Waals surface area contributed by atoms with Crippen LogP contribution in [0.1, 0.15) is 30.1 Å². The maximum atomic E-state index is 12.4. The lowest BCUT2D eigenvalue weighted by Gasteiger charge is -2.22. The molecule has 0 aliphatic carbocycles. The zero-order valence-corrected chi connectivity index (χ0v) is 13.3. The Morgan fingerprint density at radius 3 is 2.65 bits per heavy atom. The molecule has 1 aromatic rings. The Kier molecular flexibility index (Phi) is 5.62. The quantitative estimate of drug-likeness (QED) is 0.825. The van der Waals surface area contributed by atoms with Crippen molar-refractivity contribution >= 4 is 17.5 Å². The first-order valence-corrected chi connectivity index (χ1v) is 7.65. The number of alkyl halides is 3. The van der Waals surface area contributed by atoms with Crippen molar-refractivity contribution in [1.82, 2.24) is 4.90 Å². The van der Waals surface area contributed by atoms with Crippen molar-refractivity contribution in [3.63, 3.8) is 0 Å². The highest BCUT2D eigenvalue weighted by molar-refractivity contribution is 6.32. The molecule has 8 heteroatoms. The molecule has 1 aliphatic rings. The van der Waals surface area contributed by atoms with Crippen LogP contribution in [0.15, 0.2) is 12.1 Å². The Bertz CT molecular complexity index is 578. The van der Waals surface area contributed by atoms with E-state index in [9.17, 15) is 18.0 Å². The maximum absolute atomic E-state index is 12.4. The van der Waals surface area contributed by atoms with Gasteiger partial charge in [-0.3, -0.25) is 4.79 Å². The van der Waals surface area contributed by atoms with Gasteiger partial charge in [0.25, 0.3) is 5.91 Å². The molecule has 1 amide bonds. The van der Waals surface area contributed by atoms with Gasteiger partial charge in [-0.1, -0.05) is 11.6 Å². The third-order valence-corrected chi connectivity index (χ3v) is 3.66. The van der Waals surface area contributed by atoms with Gasteiger partial charge in [0.1, 0.15) is 0 Å². The van der Waals surface area contributed by atoms with E-state index in [0.29, 0.717) is 31.1 Å². The number of carbonyl (C=O) groups excluding carboxylic acids is 1. The number of ether oxygens (including phenoxy) is 2. The zero-order valence-electron chi connectivity index (χ0n) is 12.6. The molecule has 0 unspecified atom stereocenters. The van der Waals surface area contributed by atoms with Crippen LogP contribution < -0.4 is 9.47 Å². The normalized spacial score (nSPS) is 14.3. The van der Waals surface area contributed by atoms with Gasteiger partial charge in [-0.15, -0.1) is 0 Å². The summed E-state index contributed by atoms with van der Waals surface area (Å²) in [7, 11) is 0. The summed E-state index contributed by atoms with van der Waals surface area (Å²) in [5.41, 5.74) is 0.184. The van der Waals surface area contributed by atoms with E-state index in [0.717, 1.165) is 4.90 Å². The first-order valence-electron chi connectivity index (χ1n) is 7.27. The Labute approximate surface area is 137 Å². The highest BCUT2D eigenvalue weighted by Gasteiger charge is 2.29. The van der Waals surface area contributed by atoms with Crippen LogP contribution in [-0.4, -0.2) is 43.3 Å². The van der Waals surface area contributed by atoms with E-state index in [-0.39, 0.29) is 17.1 Å². The van der Waals surface area contributed by atoms with Crippen LogP contribution in [0.5, 0.6) is 11.5 Å². The fourth-order valence-corrected chi connectivity index (χ4v) is 2.47. The Hall–Kier alpha value is -1.63. The van der Waals surface area contributed by atoms with Crippen molar-refractivity contribution in [1.29, 1.82) is 0 Å². The van der Waals surface area contributed by atoms with E-state index in [1.54, 1.807) is 6.92 Å². The number of hydrogen-bond donors (Lipinski definition) is 0. The minimum Gasteiger partial charge on any atom is -0.489 e. The molecule has 128 valence electrons. The Morgan fingerprint density at radius 2 is 2.00 bits per heavy atom. The van der Waals surface area contributed by atoms with E-state index >= 15 is 0 Å². The molecule has 0 N–H and O–H groups in total. The molecule has 4 nitrogen and oxygen atoms in total. The molecule has 1 aromatic carbocycles. The Morgan fingerprint density at radius 1 is 1.30 bits per heavy atom. The largest absolute Gasteiger partial charge is 0.489 e. The second-order valence-corrected chi connectivity index (χ2v) is 5.49. The summed E-state index contributed by atoms with van der Waals surface area (Å²) >= 11 is 6.11. The lowest BCUT2D eigenvalue weighted by Crippen LogP contribution is -2.34. The fourth-order valence-electron chi connectivity index (χ4n) is 2.20. The van der Waals surface area contributed by atoms with Gasteiger partial charge in [0.2, 0.25) is 0 Å². The summed E-state index contributed by atoms with van der Waals surface area (Å²) in [4.78, 5) is 13.5. The predicted octanol–water partition coefficient (Wildman–Crippen LogP) is 3.92. The Balaban J connectivity index is 2.21. The molecule has 2 rings (SSSR count). The second-order valence-electron chi connectivity index (χ2n) is 5.09. The van der Waals surface area contributed by atoms with Gasteiger partial charge in [0.05, 0.1) is 24.7 Å². The predicted molar refractivity (Wildman–Crippen MR) is 79.3 cm³/mol. The van der Waals surface area contributed by atoms with Crippen LogP contribution in [0.25, 0.3) is 0 Å². The molecular formula is C15H17ClF3NO3. The van der Waals surface area contributed by atoms with E-state index in [1.165, 1.54) is 12.1 Å². The van der Waals surface area contributed by atoms with Crippen molar-refractivity contribution in [2.75, 3.05) is 26.3 Å². The molecule has 0 saturated carbocycles. The SMILES string of the molecule is CCN(CCC(F)(F)F)C(=O)c1cc(Cl)c2c(c1)OCCCO2. The molecule has 0 spiro atoms. The average molecular weight is 352 g/mol. The standard InChI is InChI=1S/C15H17ClF3NO3/c1-2-20(5-4-15(17,18)19)14(21)10-8-11(16)13-12(9-10)22-6-3-7-23-13/h8-9H,2-7H2,1H3. The molecule has 1 aliphatic heterocycles. The number of carbonyl (C=O) groups is 1. The van der Waals surface area contributed by atoms with Gasteiger partial charge in [0.15, 0.2) is 11.5 Å². The van der Waals surface area contributed by atoms with E-state index in [1.807, 2.05) is 0 Å². The molecule has 0 saturated heterocycles. The summed E-state index contributed by atoms with van der Waals surface area (Å²) in [6, 6.07) is 2.86. The fraction of sp³-hybridized carbons (Fsp3) is 0.533. The van der Waals surface area contributed by atoms with Gasteiger partial charge in [-0.25, -0.2) is 0 Å². The zero-order chi connectivity index (χ0) is 17.0. The molecule has 0 fully saturated rings. The molecule has 0 radical (unpaired) electrons. The summed E-state index contributed by atoms with van der Waals surface area (Å²) in [6.07, 6.45) is -4.68. The molecule has 0 aromatic heterocycles. The summed E-state index contributed by atoms with van der Waals surface area (Å²) < 4.78 is 48.0. The van der Waals surface area contributed by atoms with Crippen molar-refractivity contribution in [2.45, 2.75) is 25.9 Å². The number of benzene rings is 1. The molecule has 1 heterocycles. The van der Waals surface area contributed by atoms with Gasteiger partial charge in [-0.05, 0) is 19.1 Å². The van der Waals surface area contributed by atoms with E-state index in [2.05, 4.69) is 0 Å². The third kappa shape index (κ3) is 4.67. The average Bonchev–Trinajstić information content (AvgIpc) is 2.72. The molecular weight excluding hydrogens is 335 g/mol. The number of rotatable bonds is 4. The van der Waals surface area contributed by atoms with Crippen LogP contribution in [0.3, 0.4) is 0 Å². The molecule has 23 heavy (non-hydrogen) atoms. The van der Waals surface area contributed by atoms with Gasteiger partial charge < -0.3 is 14.4 Å². The van der Waals surface area contributed by atoms with Crippen LogP contribution in [0.4, 0.5) is 13.2 Å². The van der Waals surface area contributed by atoms with Crippen LogP contribution in [0, 0.1) is 0 Å². The van der Waals surface area contributed by atoms with E-state index < -0.39 is 25.0 Å². The third-order valence-electron chi connectivity index (χ3n) is 3.38. The maximum Gasteiger partial charge on any atom is 0.390 e. The number of nitrogens with zero attached hydrogens (tertiary/aromatic N) is 1. The van der Waals surface area contributed by atoms with Crippen molar-refractivity contribution in [2.24, 2.45) is 0 Å². The lowest BCUT2D eigenvalue weighted by molar-refractivity contribution is -0.136. The summed E-state index contributed by atoms with van der Waals surface area (Å²) in [6.45, 7) is 2.27. The number of amides is 1. The summed E-state index contributed by atoms with van der Waals surface area (Å²) in [5.74, 6) is 0.179. The van der Waals surface area contributed by atoms with Gasteiger partial charge >= 0.3 is 6.18 Å². The highest BCUT2D eigenvalue weighted by atomic mass is 35.5. The summed E-state index contributed by atoms with van der Waals surface area (Å²) in [5, 5.41) is 0.208. The monoisotopic (exact) mass is 351 g/mol. The van der Waals surface area contributed by atoms with Crippen molar-refractivity contribution in [3.8, 4) is 11.5 Å². The number of hydrogen-bond acceptors (Lipinski definition) is 3. The first-order chi connectivity index (χ1) is 10.8. The molecule has 0 atom stereocenters. The topological polar surface area (TPSA) is 38.8 Å². The minimum absolute atomic E-state index is 0.168. The second kappa shape index (κ2) is 7.29. The van der Waals surface area contributed by atoms with Gasteiger partial charge in [-0.2, -0.15) is 13.2 Å².